The van der Waals surface area contributed by atoms with Crippen LogP contribution in [0.4, 0.5) is 0 Å². The van der Waals surface area contributed by atoms with Crippen molar-refractivity contribution in [3.05, 3.63) is 52.4 Å². The third-order valence-electron chi connectivity index (χ3n) is 3.64. The van der Waals surface area contributed by atoms with Crippen molar-refractivity contribution >= 4 is 11.8 Å². The van der Waals surface area contributed by atoms with Crippen LogP contribution in [0.15, 0.2) is 28.8 Å². The number of hydrogen-bond donors (Lipinski definition) is 0. The number of carbonyl (C=O) groups excluding carboxylic acids is 2. The number of aryl methyl sites for hydroxylation is 2. The summed E-state index contributed by atoms with van der Waals surface area (Å²) in [5.74, 6) is 0.286. The molecule has 3 rings (SSSR count). The van der Waals surface area contributed by atoms with Gasteiger partial charge in [-0.15, -0.1) is 0 Å². The highest BCUT2D eigenvalue weighted by Gasteiger charge is 2.34. The Morgan fingerprint density at radius 3 is 2.20 bits per heavy atom. The van der Waals surface area contributed by atoms with E-state index in [1.54, 1.807) is 24.3 Å². The van der Waals surface area contributed by atoms with E-state index in [1.165, 1.54) is 4.90 Å². The van der Waals surface area contributed by atoms with Crippen LogP contribution in [0.2, 0.25) is 0 Å². The summed E-state index contributed by atoms with van der Waals surface area (Å²) in [5, 5.41) is 3.88. The second-order valence-electron chi connectivity index (χ2n) is 4.86. The van der Waals surface area contributed by atoms with Crippen LogP contribution in [0, 0.1) is 13.8 Å². The number of aromatic nitrogens is 1. The lowest BCUT2D eigenvalue weighted by atomic mass is 10.1. The number of carbonyl (C=O) groups is 2. The van der Waals surface area contributed by atoms with E-state index >= 15 is 0 Å². The van der Waals surface area contributed by atoms with Crippen molar-refractivity contribution in [1.82, 2.24) is 10.1 Å². The molecule has 0 unspecified atom stereocenters. The normalized spacial score (nSPS) is 14.0. The van der Waals surface area contributed by atoms with Crippen LogP contribution < -0.4 is 0 Å². The molecule has 102 valence electrons. The van der Waals surface area contributed by atoms with Gasteiger partial charge in [0.2, 0.25) is 0 Å². The van der Waals surface area contributed by atoms with E-state index in [1.807, 2.05) is 13.8 Å². The summed E-state index contributed by atoms with van der Waals surface area (Å²) >= 11 is 0. The molecule has 2 amide bonds. The minimum absolute atomic E-state index is 0.225. The fourth-order valence-corrected chi connectivity index (χ4v) is 2.52. The summed E-state index contributed by atoms with van der Waals surface area (Å²) in [5.41, 5.74) is 2.73. The van der Waals surface area contributed by atoms with Crippen LogP contribution in [0.25, 0.3) is 0 Å². The summed E-state index contributed by atoms with van der Waals surface area (Å²) < 4.78 is 5.09. The Hall–Kier alpha value is -2.43. The van der Waals surface area contributed by atoms with E-state index in [0.717, 1.165) is 17.0 Å². The number of benzene rings is 1. The molecule has 1 aromatic heterocycles. The number of rotatable bonds is 3. The lowest BCUT2D eigenvalue weighted by Crippen LogP contribution is -2.31. The van der Waals surface area contributed by atoms with Gasteiger partial charge in [0, 0.05) is 12.1 Å². The minimum Gasteiger partial charge on any atom is -0.361 e. The van der Waals surface area contributed by atoms with Gasteiger partial charge in [0.1, 0.15) is 5.76 Å². The maximum atomic E-state index is 12.2. The lowest BCUT2D eigenvalue weighted by Gasteiger charge is -2.13. The van der Waals surface area contributed by atoms with Gasteiger partial charge in [-0.1, -0.05) is 17.3 Å². The predicted octanol–water partition coefficient (Wildman–Crippen LogP) is 2.13. The maximum absolute atomic E-state index is 12.2. The number of fused-ring (bicyclic) bond motifs is 1. The molecule has 0 spiro atoms. The van der Waals surface area contributed by atoms with E-state index < -0.39 is 0 Å². The molecule has 0 saturated heterocycles. The van der Waals surface area contributed by atoms with Crippen molar-refractivity contribution in [1.29, 1.82) is 0 Å². The topological polar surface area (TPSA) is 63.4 Å². The van der Waals surface area contributed by atoms with Gasteiger partial charge >= 0.3 is 0 Å². The molecule has 0 fully saturated rings. The highest BCUT2D eigenvalue weighted by atomic mass is 16.5. The first-order valence-electron chi connectivity index (χ1n) is 6.46. The number of hydrogen-bond acceptors (Lipinski definition) is 4. The number of imide groups is 1. The van der Waals surface area contributed by atoms with E-state index in [9.17, 15) is 9.59 Å². The third kappa shape index (κ3) is 1.82. The predicted molar refractivity (Wildman–Crippen MR) is 71.5 cm³/mol. The minimum atomic E-state index is -0.225. The summed E-state index contributed by atoms with van der Waals surface area (Å²) in [6.07, 6.45) is 0.562. The average Bonchev–Trinajstić information content (AvgIpc) is 2.89. The van der Waals surface area contributed by atoms with Crippen molar-refractivity contribution in [3.8, 4) is 0 Å². The zero-order valence-electron chi connectivity index (χ0n) is 11.3. The molecule has 20 heavy (non-hydrogen) atoms. The largest absolute Gasteiger partial charge is 0.361 e. The monoisotopic (exact) mass is 270 g/mol. The van der Waals surface area contributed by atoms with Crippen LogP contribution in [0.1, 0.15) is 37.7 Å². The molecule has 0 aliphatic carbocycles. The van der Waals surface area contributed by atoms with Crippen LogP contribution in [0.3, 0.4) is 0 Å². The SMILES string of the molecule is Cc1noc(C)c1CCN1C(=O)c2ccccc2C1=O. The molecular formula is C15H14N2O3. The van der Waals surface area contributed by atoms with Crippen molar-refractivity contribution in [2.45, 2.75) is 20.3 Å². The van der Waals surface area contributed by atoms with Crippen LogP contribution in [0.5, 0.6) is 0 Å². The fourth-order valence-electron chi connectivity index (χ4n) is 2.52. The molecule has 0 radical (unpaired) electrons. The smallest absolute Gasteiger partial charge is 0.261 e. The second kappa shape index (κ2) is 4.59. The molecule has 2 aromatic rings. The van der Waals surface area contributed by atoms with Gasteiger partial charge in [0.05, 0.1) is 16.8 Å². The summed E-state index contributed by atoms with van der Waals surface area (Å²) in [6.45, 7) is 4.03. The lowest BCUT2D eigenvalue weighted by molar-refractivity contribution is 0.0656. The van der Waals surface area contributed by atoms with Crippen molar-refractivity contribution in [2.24, 2.45) is 0 Å². The third-order valence-corrected chi connectivity index (χ3v) is 3.64. The molecule has 0 saturated carbocycles. The van der Waals surface area contributed by atoms with Gasteiger partial charge in [0.25, 0.3) is 11.8 Å². The van der Waals surface area contributed by atoms with E-state index in [4.69, 9.17) is 4.52 Å². The van der Waals surface area contributed by atoms with E-state index in [-0.39, 0.29) is 11.8 Å². The molecular weight excluding hydrogens is 256 g/mol. The van der Waals surface area contributed by atoms with Crippen LogP contribution >= 0.6 is 0 Å². The van der Waals surface area contributed by atoms with Gasteiger partial charge in [-0.3, -0.25) is 14.5 Å². The zero-order valence-corrected chi connectivity index (χ0v) is 11.3. The van der Waals surface area contributed by atoms with Gasteiger partial charge in [-0.2, -0.15) is 0 Å². The quantitative estimate of drug-likeness (QED) is 0.801. The van der Waals surface area contributed by atoms with E-state index in [0.29, 0.717) is 24.1 Å². The number of amides is 2. The van der Waals surface area contributed by atoms with Gasteiger partial charge in [-0.25, -0.2) is 0 Å². The Labute approximate surface area is 116 Å². The molecule has 2 heterocycles. The standard InChI is InChI=1S/C15H14N2O3/c1-9-11(10(2)20-16-9)7-8-17-14(18)12-5-3-4-6-13(12)15(17)19/h3-6H,7-8H2,1-2H3. The maximum Gasteiger partial charge on any atom is 0.261 e. The number of nitrogens with zero attached hydrogens (tertiary/aromatic N) is 2. The highest BCUT2D eigenvalue weighted by Crippen LogP contribution is 2.23. The average molecular weight is 270 g/mol. The second-order valence-corrected chi connectivity index (χ2v) is 4.86. The van der Waals surface area contributed by atoms with Crippen molar-refractivity contribution in [3.63, 3.8) is 0 Å². The summed E-state index contributed by atoms with van der Waals surface area (Å²) in [4.78, 5) is 25.7. The molecule has 0 atom stereocenters. The Morgan fingerprint density at radius 2 is 1.70 bits per heavy atom. The summed E-state index contributed by atoms with van der Waals surface area (Å²) in [7, 11) is 0. The van der Waals surface area contributed by atoms with Crippen molar-refractivity contribution in [2.75, 3.05) is 6.54 Å². The zero-order chi connectivity index (χ0) is 14.3. The van der Waals surface area contributed by atoms with Gasteiger partial charge in [0.15, 0.2) is 0 Å². The molecule has 5 nitrogen and oxygen atoms in total. The Bertz CT molecular complexity index is 648. The first-order chi connectivity index (χ1) is 9.59. The molecule has 1 aromatic carbocycles. The summed E-state index contributed by atoms with van der Waals surface area (Å²) in [6, 6.07) is 6.90. The molecule has 1 aliphatic heterocycles. The fraction of sp³-hybridized carbons (Fsp3) is 0.267. The Kier molecular flexibility index (Phi) is 2.89. The Balaban J connectivity index is 1.81. The van der Waals surface area contributed by atoms with Crippen molar-refractivity contribution < 1.29 is 14.1 Å². The van der Waals surface area contributed by atoms with Gasteiger partial charge in [-0.05, 0) is 32.4 Å². The van der Waals surface area contributed by atoms with Crippen LogP contribution in [-0.4, -0.2) is 28.4 Å². The van der Waals surface area contributed by atoms with E-state index in [2.05, 4.69) is 5.16 Å². The van der Waals surface area contributed by atoms with Gasteiger partial charge < -0.3 is 4.52 Å². The highest BCUT2D eigenvalue weighted by molar-refractivity contribution is 6.21. The van der Waals surface area contributed by atoms with Crippen LogP contribution in [-0.2, 0) is 6.42 Å². The molecule has 1 aliphatic rings. The first-order valence-corrected chi connectivity index (χ1v) is 6.46. The first kappa shape index (κ1) is 12.6. The Morgan fingerprint density at radius 1 is 1.10 bits per heavy atom. The molecule has 5 heteroatoms. The molecule has 0 bridgehead atoms. The molecule has 0 N–H and O–H groups in total.